The monoisotopic (exact) mass is 230 g/mol. The molecule has 0 saturated carbocycles. The van der Waals surface area contributed by atoms with Crippen LogP contribution in [0.2, 0.25) is 0 Å². The van der Waals surface area contributed by atoms with Crippen molar-refractivity contribution in [3.63, 3.8) is 0 Å². The number of benzene rings is 1. The fourth-order valence-corrected chi connectivity index (χ4v) is 1.60. The van der Waals surface area contributed by atoms with E-state index in [-0.39, 0.29) is 0 Å². The fourth-order valence-electron chi connectivity index (χ4n) is 1.60. The molecule has 0 aliphatic rings. The Labute approximate surface area is 100 Å². The summed E-state index contributed by atoms with van der Waals surface area (Å²) in [6.45, 7) is 2.54. The molecule has 4 nitrogen and oxygen atoms in total. The first-order valence-electron chi connectivity index (χ1n) is 5.49. The molecule has 1 aromatic rings. The highest BCUT2D eigenvalue weighted by Crippen LogP contribution is 2.19. The van der Waals surface area contributed by atoms with E-state index >= 15 is 0 Å². The minimum Gasteiger partial charge on any atom is -0.211 e. The van der Waals surface area contributed by atoms with Crippen LogP contribution in [0.3, 0.4) is 0 Å². The van der Waals surface area contributed by atoms with Crippen molar-refractivity contribution in [3.8, 4) is 0 Å². The summed E-state index contributed by atoms with van der Waals surface area (Å²) in [7, 11) is 0. The lowest BCUT2D eigenvalue weighted by Crippen LogP contribution is -1.91. The quantitative estimate of drug-likeness (QED) is 0.428. The molecule has 0 bridgehead atoms. The Morgan fingerprint density at radius 1 is 1.18 bits per heavy atom. The Morgan fingerprint density at radius 2 is 2.00 bits per heavy atom. The summed E-state index contributed by atoms with van der Waals surface area (Å²) in [6.07, 6.45) is 5.75. The van der Waals surface area contributed by atoms with Crippen molar-refractivity contribution in [3.05, 3.63) is 29.3 Å². The van der Waals surface area contributed by atoms with E-state index < -0.39 is 0 Å². The van der Waals surface area contributed by atoms with Gasteiger partial charge in [-0.25, -0.2) is 14.6 Å². The van der Waals surface area contributed by atoms with Crippen LogP contribution in [-0.4, -0.2) is 18.7 Å². The van der Waals surface area contributed by atoms with Crippen LogP contribution in [0.15, 0.2) is 28.2 Å². The van der Waals surface area contributed by atoms with E-state index in [4.69, 9.17) is 0 Å². The Kier molecular flexibility index (Phi) is 5.59. The van der Waals surface area contributed by atoms with E-state index in [1.54, 1.807) is 6.07 Å². The Balaban J connectivity index is 2.59. The van der Waals surface area contributed by atoms with Gasteiger partial charge in [0.2, 0.25) is 12.2 Å². The van der Waals surface area contributed by atoms with Crippen molar-refractivity contribution >= 4 is 17.8 Å². The second-order valence-electron chi connectivity index (χ2n) is 3.74. The number of aryl methyl sites for hydroxylation is 2. The van der Waals surface area contributed by atoms with Gasteiger partial charge in [0.15, 0.2) is 0 Å². The number of isocyanates is 2. The SMILES string of the molecule is Cc1ccc(N=C=O)cc1CCCCN=C=O. The molecule has 4 heteroatoms. The average Bonchev–Trinajstić information content (AvgIpc) is 2.33. The molecule has 0 aromatic heterocycles. The summed E-state index contributed by atoms with van der Waals surface area (Å²) in [6, 6.07) is 5.62. The van der Waals surface area contributed by atoms with Gasteiger partial charge >= 0.3 is 0 Å². The minimum absolute atomic E-state index is 0.523. The molecule has 17 heavy (non-hydrogen) atoms. The summed E-state index contributed by atoms with van der Waals surface area (Å²) in [5.74, 6) is 0. The van der Waals surface area contributed by atoms with Crippen LogP contribution in [0.25, 0.3) is 0 Å². The first-order chi connectivity index (χ1) is 8.27. The number of unbranched alkanes of at least 4 members (excludes halogenated alkanes) is 1. The van der Waals surface area contributed by atoms with Crippen molar-refractivity contribution in [1.82, 2.24) is 0 Å². The van der Waals surface area contributed by atoms with Gasteiger partial charge in [-0.3, -0.25) is 0 Å². The molecule has 1 aromatic carbocycles. The number of hydrogen-bond acceptors (Lipinski definition) is 4. The molecular weight excluding hydrogens is 216 g/mol. The van der Waals surface area contributed by atoms with E-state index in [0.717, 1.165) is 24.8 Å². The summed E-state index contributed by atoms with van der Waals surface area (Å²) in [5.41, 5.74) is 2.97. The highest BCUT2D eigenvalue weighted by Gasteiger charge is 2.00. The molecule has 0 heterocycles. The van der Waals surface area contributed by atoms with Crippen LogP contribution < -0.4 is 0 Å². The summed E-state index contributed by atoms with van der Waals surface area (Å²) < 4.78 is 0. The number of rotatable bonds is 6. The third-order valence-electron chi connectivity index (χ3n) is 2.54. The van der Waals surface area contributed by atoms with E-state index in [2.05, 4.69) is 9.98 Å². The maximum absolute atomic E-state index is 10.2. The van der Waals surface area contributed by atoms with Crippen LogP contribution in [0.5, 0.6) is 0 Å². The highest BCUT2D eigenvalue weighted by atomic mass is 16.1. The predicted molar refractivity (Wildman–Crippen MR) is 64.9 cm³/mol. The molecule has 0 N–H and O–H groups in total. The van der Waals surface area contributed by atoms with Gasteiger partial charge in [0, 0.05) is 0 Å². The topological polar surface area (TPSA) is 58.9 Å². The predicted octanol–water partition coefficient (Wildman–Crippen LogP) is 2.62. The summed E-state index contributed by atoms with van der Waals surface area (Å²) >= 11 is 0. The summed E-state index contributed by atoms with van der Waals surface area (Å²) in [4.78, 5) is 27.1. The highest BCUT2D eigenvalue weighted by molar-refractivity contribution is 5.51. The van der Waals surface area contributed by atoms with Gasteiger partial charge < -0.3 is 0 Å². The van der Waals surface area contributed by atoms with Crippen molar-refractivity contribution in [1.29, 1.82) is 0 Å². The molecular formula is C13H14N2O2. The van der Waals surface area contributed by atoms with Crippen molar-refractivity contribution in [2.45, 2.75) is 26.2 Å². The third-order valence-corrected chi connectivity index (χ3v) is 2.54. The largest absolute Gasteiger partial charge is 0.240 e. The Morgan fingerprint density at radius 3 is 2.71 bits per heavy atom. The van der Waals surface area contributed by atoms with Crippen molar-refractivity contribution < 1.29 is 9.59 Å². The van der Waals surface area contributed by atoms with Crippen LogP contribution in [-0.2, 0) is 16.0 Å². The molecule has 0 radical (unpaired) electrons. The van der Waals surface area contributed by atoms with E-state index in [9.17, 15) is 9.59 Å². The number of aliphatic imine (C=N–C) groups is 2. The van der Waals surface area contributed by atoms with Gasteiger partial charge in [-0.2, -0.15) is 4.99 Å². The Hall–Kier alpha value is -2.02. The molecule has 0 aliphatic carbocycles. The first kappa shape index (κ1) is 13.0. The van der Waals surface area contributed by atoms with Crippen LogP contribution in [0.1, 0.15) is 24.0 Å². The van der Waals surface area contributed by atoms with E-state index in [1.165, 1.54) is 17.7 Å². The van der Waals surface area contributed by atoms with E-state index in [0.29, 0.717) is 12.2 Å². The maximum atomic E-state index is 10.2. The van der Waals surface area contributed by atoms with Crippen molar-refractivity contribution in [2.24, 2.45) is 9.98 Å². The van der Waals surface area contributed by atoms with Gasteiger partial charge in [-0.05, 0) is 49.4 Å². The van der Waals surface area contributed by atoms with E-state index in [1.807, 2.05) is 19.1 Å². The molecule has 0 fully saturated rings. The molecule has 0 unspecified atom stereocenters. The normalized spacial score (nSPS) is 9.24. The molecule has 88 valence electrons. The standard InChI is InChI=1S/C13H14N2O2/c1-11-5-6-13(15-10-17)8-12(11)4-2-3-7-14-9-16/h5-6,8H,2-4,7H2,1H3. The second kappa shape index (κ2) is 7.29. The Bertz CT molecular complexity index is 470. The number of nitrogens with zero attached hydrogens (tertiary/aromatic N) is 2. The third kappa shape index (κ3) is 4.56. The fraction of sp³-hybridized carbons (Fsp3) is 0.385. The van der Waals surface area contributed by atoms with Crippen LogP contribution in [0.4, 0.5) is 5.69 Å². The smallest absolute Gasteiger partial charge is 0.211 e. The molecule has 0 aliphatic heterocycles. The lowest BCUT2D eigenvalue weighted by atomic mass is 10.0. The second-order valence-corrected chi connectivity index (χ2v) is 3.74. The zero-order chi connectivity index (χ0) is 12.5. The minimum atomic E-state index is 0.523. The molecule has 0 atom stereocenters. The lowest BCUT2D eigenvalue weighted by Gasteiger charge is -2.05. The molecule has 0 spiro atoms. The first-order valence-corrected chi connectivity index (χ1v) is 5.49. The van der Waals surface area contributed by atoms with Gasteiger partial charge in [0.05, 0.1) is 12.2 Å². The van der Waals surface area contributed by atoms with Crippen LogP contribution >= 0.6 is 0 Å². The molecule has 0 amide bonds. The van der Waals surface area contributed by atoms with Gasteiger partial charge in [0.1, 0.15) is 0 Å². The average molecular weight is 230 g/mol. The molecule has 1 rings (SSSR count). The zero-order valence-electron chi connectivity index (χ0n) is 9.77. The summed E-state index contributed by atoms with van der Waals surface area (Å²) in [5, 5.41) is 0. The number of hydrogen-bond donors (Lipinski definition) is 0. The molecule has 0 saturated heterocycles. The van der Waals surface area contributed by atoms with Crippen LogP contribution in [0, 0.1) is 6.92 Å². The zero-order valence-corrected chi connectivity index (χ0v) is 9.77. The van der Waals surface area contributed by atoms with Gasteiger partial charge in [0.25, 0.3) is 0 Å². The van der Waals surface area contributed by atoms with Crippen molar-refractivity contribution in [2.75, 3.05) is 6.54 Å². The van der Waals surface area contributed by atoms with Gasteiger partial charge in [-0.15, -0.1) is 0 Å². The maximum Gasteiger partial charge on any atom is 0.240 e. The lowest BCUT2D eigenvalue weighted by molar-refractivity contribution is 0.561. The number of carbonyl (C=O) groups excluding carboxylic acids is 2. The van der Waals surface area contributed by atoms with Gasteiger partial charge in [-0.1, -0.05) is 6.07 Å².